The van der Waals surface area contributed by atoms with Gasteiger partial charge >= 0.3 is 12.0 Å². The fourth-order valence-corrected chi connectivity index (χ4v) is 12.3. The number of benzene rings is 6. The Morgan fingerprint density at radius 1 is 0.775 bits per heavy atom. The van der Waals surface area contributed by atoms with E-state index in [1.807, 2.05) is 127 Å². The Morgan fingerprint density at radius 3 is 2.11 bits per heavy atom. The molecule has 1 spiro atoms. The molecule has 71 heavy (non-hydrogen) atoms. The lowest BCUT2D eigenvalue weighted by Crippen LogP contribution is -2.55. The number of carbonyl (C=O) groups excluding carboxylic acids is 4. The second-order valence-electron chi connectivity index (χ2n) is 19.0. The van der Waals surface area contributed by atoms with Crippen LogP contribution < -0.4 is 15.5 Å². The van der Waals surface area contributed by atoms with Gasteiger partial charge in [0.05, 0.1) is 39.9 Å². The van der Waals surface area contributed by atoms with Crippen molar-refractivity contribution in [3.63, 3.8) is 0 Å². The molecule has 1 aliphatic carbocycles. The number of amides is 4. The van der Waals surface area contributed by atoms with Crippen LogP contribution in [-0.2, 0) is 24.5 Å². The number of aromatic nitrogens is 1. The van der Waals surface area contributed by atoms with Crippen LogP contribution in [0.25, 0.3) is 10.2 Å². The van der Waals surface area contributed by atoms with E-state index in [9.17, 15) is 10.2 Å². The van der Waals surface area contributed by atoms with Gasteiger partial charge in [-0.15, -0.1) is 0 Å². The van der Waals surface area contributed by atoms with E-state index in [-0.39, 0.29) is 22.1 Å². The lowest BCUT2D eigenvalue weighted by atomic mass is 9.65. The molecule has 1 saturated carbocycles. The fourth-order valence-electron chi connectivity index (χ4n) is 11.5. The van der Waals surface area contributed by atoms with E-state index < -0.39 is 71.0 Å². The maximum atomic E-state index is 16.7. The summed E-state index contributed by atoms with van der Waals surface area (Å²) in [6.45, 7) is 1.83. The van der Waals surface area contributed by atoms with Crippen molar-refractivity contribution >= 4 is 56.2 Å². The van der Waals surface area contributed by atoms with Gasteiger partial charge in [-0.3, -0.25) is 19.3 Å². The molecule has 12 nitrogen and oxygen atoms in total. The number of hydrogen-bond donors (Lipinski definition) is 4. The number of nitrogens with zero attached hydrogens (tertiary/aromatic N) is 3. The molecule has 356 valence electrons. The van der Waals surface area contributed by atoms with Crippen LogP contribution in [0.15, 0.2) is 158 Å². The number of morpholine rings is 1. The fraction of sp³-hybridized carbons (Fsp3) is 0.259. The van der Waals surface area contributed by atoms with E-state index in [0.717, 1.165) is 46.4 Å². The van der Waals surface area contributed by atoms with Crippen molar-refractivity contribution in [2.75, 3.05) is 10.2 Å². The normalized spacial score (nSPS) is 24.0. The third-order valence-corrected chi connectivity index (χ3v) is 15.6. The number of carbonyl (C=O) groups is 4. The van der Waals surface area contributed by atoms with E-state index in [0.29, 0.717) is 35.0 Å². The number of urea groups is 1. The van der Waals surface area contributed by atoms with Crippen LogP contribution in [-0.4, -0.2) is 55.6 Å². The van der Waals surface area contributed by atoms with Crippen molar-refractivity contribution in [1.29, 1.82) is 0 Å². The number of hydrogen-bond acceptors (Lipinski definition) is 10. The van der Waals surface area contributed by atoms with E-state index in [4.69, 9.17) is 9.72 Å². The maximum Gasteiger partial charge on any atom is 0.329 e. The number of anilines is 2. The van der Waals surface area contributed by atoms with Crippen LogP contribution in [0.5, 0.6) is 5.75 Å². The smallest absolute Gasteiger partial charge is 0.329 e. The minimum atomic E-state index is -2.07. The summed E-state index contributed by atoms with van der Waals surface area (Å²) in [6, 6.07) is 42.7. The van der Waals surface area contributed by atoms with Crippen LogP contribution in [0, 0.1) is 17.8 Å². The molecule has 4 aliphatic rings. The monoisotopic (exact) mass is 961 g/mol. The van der Waals surface area contributed by atoms with E-state index >= 15 is 19.2 Å². The highest BCUT2D eigenvalue weighted by molar-refractivity contribution is 7.22. The number of thiazole rings is 1. The molecular weight excluding hydrogens is 911 g/mol. The number of para-hydroxylation sites is 1. The number of fused-ring (bicyclic) bond motifs is 4. The zero-order valence-corrected chi connectivity index (χ0v) is 39.7. The summed E-state index contributed by atoms with van der Waals surface area (Å²) >= 11 is 1.26. The lowest BCUT2D eigenvalue weighted by molar-refractivity contribution is -0.177. The molecule has 4 amide bonds. The number of rotatable bonds is 7. The van der Waals surface area contributed by atoms with Gasteiger partial charge in [0.2, 0.25) is 11.8 Å². The first-order chi connectivity index (χ1) is 34.5. The molecule has 11 rings (SSSR count). The van der Waals surface area contributed by atoms with Gasteiger partial charge in [0, 0.05) is 5.56 Å². The molecule has 1 aromatic heterocycles. The van der Waals surface area contributed by atoms with Gasteiger partial charge in [0.15, 0.2) is 5.13 Å². The number of phenolic OH excluding ortho intramolecular Hbond substituents is 1. The number of ether oxygens (including phenoxy) is 1. The molecule has 3 fully saturated rings. The zero-order chi connectivity index (χ0) is 48.9. The zero-order valence-electron chi connectivity index (χ0n) is 38.9. The minimum Gasteiger partial charge on any atom is -0.508 e. The first kappa shape index (κ1) is 45.8. The molecule has 6 aromatic carbocycles. The number of aromatic hydroxyl groups is 1. The van der Waals surface area contributed by atoms with Crippen molar-refractivity contribution in [3.8, 4) is 17.6 Å². The molecule has 4 heterocycles. The predicted octanol–water partition coefficient (Wildman–Crippen LogP) is 10.2. The van der Waals surface area contributed by atoms with E-state index in [1.54, 1.807) is 30.3 Å². The highest BCUT2D eigenvalue weighted by Gasteiger charge is 2.75. The first-order valence-corrected chi connectivity index (χ1v) is 25.0. The standard InChI is InChI=1S/C58H51N5O7S/c1-36(38-17-7-4-8-18-38)59-56(68)62-45-30-25-37(31-34-57(69)32-15-2-3-16-33-57)35-43(45)58(54(62)67)47(52(65)61-55-60-44-23-13-14-24-46(44)71-55)49-53(66)70-50(40-21-11-6-12-22-40)48(39-19-9-5-10-20-39)63(49)51(58)41-26-28-42(64)29-27-41/h4-14,17-30,35-36,47-51,64,69H,2-3,15-16,32-33H2,1H3,(H,59,68)(H,60,61,65)/t36-,47+,48+,49+,50-,51-,58+/m1/s1. The Morgan fingerprint density at radius 2 is 1.42 bits per heavy atom. The molecule has 2 saturated heterocycles. The van der Waals surface area contributed by atoms with Gasteiger partial charge in [-0.2, -0.15) is 0 Å². The summed E-state index contributed by atoms with van der Waals surface area (Å²) in [5.41, 5.74) is 1.03. The molecule has 7 aromatic rings. The molecule has 4 N–H and O–H groups in total. The molecule has 0 unspecified atom stereocenters. The van der Waals surface area contributed by atoms with Gasteiger partial charge in [0.25, 0.3) is 0 Å². The van der Waals surface area contributed by atoms with Gasteiger partial charge in [0.1, 0.15) is 28.9 Å². The Labute approximate surface area is 415 Å². The summed E-state index contributed by atoms with van der Waals surface area (Å²) in [7, 11) is 0. The second kappa shape index (κ2) is 18.6. The SMILES string of the molecule is C[C@@H](NC(=O)N1C(=O)[C@@]2(c3cc(C#CC4(O)CCCCCC4)ccc31)[C@H](C(=O)Nc1nc3ccccc3s1)[C@H]1C(=O)O[C@H](c3ccccc3)[C@H](c3ccccc3)N1[C@@H]2c1ccc(O)cc1)c1ccccc1. The van der Waals surface area contributed by atoms with Gasteiger partial charge < -0.3 is 25.6 Å². The van der Waals surface area contributed by atoms with E-state index in [2.05, 4.69) is 22.5 Å². The summed E-state index contributed by atoms with van der Waals surface area (Å²) in [6.07, 6.45) is 3.77. The summed E-state index contributed by atoms with van der Waals surface area (Å²) in [5, 5.41) is 29.0. The van der Waals surface area contributed by atoms with Crippen LogP contribution >= 0.6 is 11.3 Å². The van der Waals surface area contributed by atoms with Gasteiger partial charge in [-0.1, -0.05) is 151 Å². The quantitative estimate of drug-likeness (QED) is 0.0692. The molecule has 0 radical (unpaired) electrons. The van der Waals surface area contributed by atoms with Crippen molar-refractivity contribution in [2.45, 2.75) is 86.7 Å². The Bertz CT molecular complexity index is 3190. The Kier molecular flexibility index (Phi) is 12.0. The summed E-state index contributed by atoms with van der Waals surface area (Å²) < 4.78 is 7.44. The average molecular weight is 962 g/mol. The van der Waals surface area contributed by atoms with Crippen LogP contribution in [0.2, 0.25) is 0 Å². The maximum absolute atomic E-state index is 16.7. The topological polar surface area (TPSA) is 161 Å². The van der Waals surface area contributed by atoms with Crippen molar-refractivity contribution in [1.82, 2.24) is 15.2 Å². The number of nitrogens with one attached hydrogen (secondary N) is 2. The first-order valence-electron chi connectivity index (χ1n) is 24.2. The minimum absolute atomic E-state index is 0.0367. The number of aliphatic hydroxyl groups is 1. The van der Waals surface area contributed by atoms with Crippen LogP contribution in [0.1, 0.15) is 103 Å². The number of cyclic esters (lactones) is 1. The molecule has 3 aliphatic heterocycles. The number of imide groups is 1. The van der Waals surface area contributed by atoms with Crippen molar-refractivity contribution in [3.05, 3.63) is 191 Å². The van der Waals surface area contributed by atoms with E-state index in [1.165, 1.54) is 23.5 Å². The van der Waals surface area contributed by atoms with Gasteiger partial charge in [-0.05, 0) is 103 Å². The largest absolute Gasteiger partial charge is 0.508 e. The summed E-state index contributed by atoms with van der Waals surface area (Å²) in [4.78, 5) is 71.2. The highest BCUT2D eigenvalue weighted by Crippen LogP contribution is 2.66. The third kappa shape index (κ3) is 8.11. The number of esters is 1. The second-order valence-corrected chi connectivity index (χ2v) is 20.0. The average Bonchev–Trinajstić information content (AvgIpc) is 3.96. The van der Waals surface area contributed by atoms with Crippen molar-refractivity contribution < 1.29 is 34.1 Å². The lowest BCUT2D eigenvalue weighted by Gasteiger charge is -2.46. The molecule has 13 heteroatoms. The van der Waals surface area contributed by atoms with Gasteiger partial charge in [-0.25, -0.2) is 14.7 Å². The molecule has 0 bridgehead atoms. The molecule has 7 atom stereocenters. The Hall–Kier alpha value is -7.63. The summed E-state index contributed by atoms with van der Waals surface area (Å²) in [5.74, 6) is 2.65. The van der Waals surface area contributed by atoms with Crippen molar-refractivity contribution in [2.24, 2.45) is 5.92 Å². The highest BCUT2D eigenvalue weighted by atomic mass is 32.1. The Balaban J connectivity index is 1.18. The third-order valence-electron chi connectivity index (χ3n) is 14.7. The number of phenols is 1. The molecular formula is C58H51N5O7S. The predicted molar refractivity (Wildman–Crippen MR) is 271 cm³/mol. The van der Waals surface area contributed by atoms with Crippen LogP contribution in [0.4, 0.5) is 15.6 Å². The van der Waals surface area contributed by atoms with Crippen LogP contribution in [0.3, 0.4) is 0 Å².